The van der Waals surface area contributed by atoms with E-state index in [0.29, 0.717) is 5.41 Å². The van der Waals surface area contributed by atoms with Crippen molar-refractivity contribution in [2.45, 2.75) is 38.2 Å². The second-order valence-corrected chi connectivity index (χ2v) is 6.99. The van der Waals surface area contributed by atoms with Gasteiger partial charge in [-0.1, -0.05) is 28.1 Å². The van der Waals surface area contributed by atoms with Gasteiger partial charge in [-0.05, 0) is 43.9 Å². The van der Waals surface area contributed by atoms with Gasteiger partial charge in [-0.3, -0.25) is 4.79 Å². The first kappa shape index (κ1) is 14.1. The Bertz CT molecular complexity index is 510. The maximum Gasteiger partial charge on any atom is 0.313 e. The fraction of sp³-hybridized carbons (Fsp3) is 0.562. The molecule has 0 N–H and O–H groups in total. The third kappa shape index (κ3) is 2.77. The van der Waals surface area contributed by atoms with Gasteiger partial charge in [0.25, 0.3) is 0 Å². The lowest BCUT2D eigenvalue weighted by Gasteiger charge is -2.37. The SMILES string of the molecule is CC(C(=O)OC1CCC2(COC2)C1)c1cccc(Br)c1. The van der Waals surface area contributed by atoms with Crippen LogP contribution in [-0.2, 0) is 14.3 Å². The summed E-state index contributed by atoms with van der Waals surface area (Å²) in [4.78, 5) is 12.3. The van der Waals surface area contributed by atoms with Gasteiger partial charge in [0.15, 0.2) is 0 Å². The number of halogens is 1. The zero-order valence-electron chi connectivity index (χ0n) is 11.6. The predicted octanol–water partition coefficient (Wildman–Crippen LogP) is 3.66. The van der Waals surface area contributed by atoms with E-state index in [2.05, 4.69) is 15.9 Å². The molecule has 0 bridgehead atoms. The molecule has 2 fully saturated rings. The summed E-state index contributed by atoms with van der Waals surface area (Å²) < 4.78 is 12.0. The Kier molecular flexibility index (Phi) is 3.87. The van der Waals surface area contributed by atoms with Crippen molar-refractivity contribution in [2.75, 3.05) is 13.2 Å². The van der Waals surface area contributed by atoms with Crippen LogP contribution in [0, 0.1) is 5.41 Å². The summed E-state index contributed by atoms with van der Waals surface area (Å²) in [5.41, 5.74) is 1.30. The molecule has 1 saturated carbocycles. The van der Waals surface area contributed by atoms with Gasteiger partial charge in [0.1, 0.15) is 6.10 Å². The summed E-state index contributed by atoms with van der Waals surface area (Å²) in [7, 11) is 0. The molecule has 2 unspecified atom stereocenters. The fourth-order valence-electron chi connectivity index (χ4n) is 3.09. The lowest BCUT2D eigenvalue weighted by atomic mass is 9.84. The van der Waals surface area contributed by atoms with Crippen LogP contribution in [0.25, 0.3) is 0 Å². The molecule has 3 rings (SSSR count). The molecule has 1 spiro atoms. The summed E-state index contributed by atoms with van der Waals surface area (Å²) in [6, 6.07) is 7.84. The summed E-state index contributed by atoms with van der Waals surface area (Å²) in [6.07, 6.45) is 3.13. The Hall–Kier alpha value is -0.870. The highest BCUT2D eigenvalue weighted by atomic mass is 79.9. The lowest BCUT2D eigenvalue weighted by Crippen LogP contribution is -2.40. The standard InChI is InChI=1S/C16H19BrO3/c1-11(12-3-2-4-13(17)7-12)15(18)20-14-5-6-16(8-14)9-19-10-16/h2-4,7,11,14H,5-6,8-10H2,1H3. The molecular weight excluding hydrogens is 320 g/mol. The van der Waals surface area contributed by atoms with Crippen molar-refractivity contribution < 1.29 is 14.3 Å². The third-order valence-electron chi connectivity index (χ3n) is 4.46. The van der Waals surface area contributed by atoms with Crippen LogP contribution >= 0.6 is 15.9 Å². The van der Waals surface area contributed by atoms with Crippen LogP contribution in [-0.4, -0.2) is 25.3 Å². The summed E-state index contributed by atoms with van der Waals surface area (Å²) in [5, 5.41) is 0. The molecule has 20 heavy (non-hydrogen) atoms. The molecule has 1 aliphatic carbocycles. The van der Waals surface area contributed by atoms with Crippen LogP contribution in [0.4, 0.5) is 0 Å². The summed E-state index contributed by atoms with van der Waals surface area (Å²) in [6.45, 7) is 3.58. The molecule has 2 aliphatic rings. The van der Waals surface area contributed by atoms with Crippen LogP contribution in [0.2, 0.25) is 0 Å². The van der Waals surface area contributed by atoms with Crippen LogP contribution < -0.4 is 0 Å². The molecule has 108 valence electrons. The van der Waals surface area contributed by atoms with Gasteiger partial charge in [-0.25, -0.2) is 0 Å². The maximum absolute atomic E-state index is 12.3. The molecule has 0 amide bonds. The number of carbonyl (C=O) groups excluding carboxylic acids is 1. The number of rotatable bonds is 3. The normalized spacial score (nSPS) is 25.2. The second-order valence-electron chi connectivity index (χ2n) is 6.07. The Morgan fingerprint density at radius 2 is 2.30 bits per heavy atom. The van der Waals surface area contributed by atoms with Gasteiger partial charge >= 0.3 is 5.97 Å². The number of hydrogen-bond acceptors (Lipinski definition) is 3. The number of esters is 1. The lowest BCUT2D eigenvalue weighted by molar-refractivity contribution is -0.153. The highest BCUT2D eigenvalue weighted by Crippen LogP contribution is 2.45. The topological polar surface area (TPSA) is 35.5 Å². The van der Waals surface area contributed by atoms with Gasteiger partial charge in [0, 0.05) is 9.89 Å². The Morgan fingerprint density at radius 1 is 1.50 bits per heavy atom. The van der Waals surface area contributed by atoms with Crippen molar-refractivity contribution >= 4 is 21.9 Å². The molecular formula is C16H19BrO3. The van der Waals surface area contributed by atoms with Gasteiger partial charge in [0.05, 0.1) is 19.1 Å². The molecule has 1 aromatic rings. The molecule has 1 saturated heterocycles. The van der Waals surface area contributed by atoms with Gasteiger partial charge in [-0.2, -0.15) is 0 Å². The predicted molar refractivity (Wildman–Crippen MR) is 79.5 cm³/mol. The van der Waals surface area contributed by atoms with E-state index >= 15 is 0 Å². The molecule has 2 atom stereocenters. The van der Waals surface area contributed by atoms with E-state index in [4.69, 9.17) is 9.47 Å². The van der Waals surface area contributed by atoms with E-state index in [0.717, 1.165) is 42.5 Å². The average molecular weight is 339 g/mol. The van der Waals surface area contributed by atoms with Crippen LogP contribution in [0.15, 0.2) is 28.7 Å². The maximum atomic E-state index is 12.3. The molecule has 3 nitrogen and oxygen atoms in total. The van der Waals surface area contributed by atoms with E-state index in [-0.39, 0.29) is 18.0 Å². The van der Waals surface area contributed by atoms with Gasteiger partial charge in [0.2, 0.25) is 0 Å². The minimum absolute atomic E-state index is 0.0704. The van der Waals surface area contributed by atoms with Crippen molar-refractivity contribution in [3.05, 3.63) is 34.3 Å². The molecule has 0 radical (unpaired) electrons. The zero-order chi connectivity index (χ0) is 14.2. The van der Waals surface area contributed by atoms with E-state index in [1.54, 1.807) is 0 Å². The smallest absolute Gasteiger partial charge is 0.313 e. The van der Waals surface area contributed by atoms with E-state index in [1.165, 1.54) is 0 Å². The van der Waals surface area contributed by atoms with Crippen molar-refractivity contribution in [2.24, 2.45) is 5.41 Å². The molecule has 1 aliphatic heterocycles. The largest absolute Gasteiger partial charge is 0.462 e. The molecule has 4 heteroatoms. The number of carbonyl (C=O) groups is 1. The highest BCUT2D eigenvalue weighted by molar-refractivity contribution is 9.10. The van der Waals surface area contributed by atoms with Crippen LogP contribution in [0.5, 0.6) is 0 Å². The summed E-state index contributed by atoms with van der Waals surface area (Å²) in [5.74, 6) is -0.341. The van der Waals surface area contributed by atoms with Crippen molar-refractivity contribution in [1.29, 1.82) is 0 Å². The van der Waals surface area contributed by atoms with Crippen molar-refractivity contribution in [1.82, 2.24) is 0 Å². The van der Waals surface area contributed by atoms with Gasteiger partial charge < -0.3 is 9.47 Å². The Balaban J connectivity index is 1.59. The van der Waals surface area contributed by atoms with Gasteiger partial charge in [-0.15, -0.1) is 0 Å². The number of ether oxygens (including phenoxy) is 2. The monoisotopic (exact) mass is 338 g/mol. The molecule has 1 aromatic carbocycles. The zero-order valence-corrected chi connectivity index (χ0v) is 13.2. The van der Waals surface area contributed by atoms with E-state index in [1.807, 2.05) is 31.2 Å². The van der Waals surface area contributed by atoms with Crippen molar-refractivity contribution in [3.8, 4) is 0 Å². The van der Waals surface area contributed by atoms with E-state index in [9.17, 15) is 4.79 Å². The highest BCUT2D eigenvalue weighted by Gasteiger charge is 2.46. The number of hydrogen-bond donors (Lipinski definition) is 0. The first-order valence-corrected chi connectivity index (χ1v) is 7.91. The molecule has 1 heterocycles. The quantitative estimate of drug-likeness (QED) is 0.789. The Labute approximate surface area is 127 Å². The van der Waals surface area contributed by atoms with Crippen LogP contribution in [0.3, 0.4) is 0 Å². The van der Waals surface area contributed by atoms with Crippen LogP contribution in [0.1, 0.15) is 37.7 Å². The average Bonchev–Trinajstić information content (AvgIpc) is 2.82. The van der Waals surface area contributed by atoms with E-state index < -0.39 is 0 Å². The molecule has 0 aromatic heterocycles. The first-order valence-electron chi connectivity index (χ1n) is 7.12. The Morgan fingerprint density at radius 3 is 2.90 bits per heavy atom. The van der Waals surface area contributed by atoms with Crippen molar-refractivity contribution in [3.63, 3.8) is 0 Å². The number of benzene rings is 1. The fourth-order valence-corrected chi connectivity index (χ4v) is 3.50. The minimum Gasteiger partial charge on any atom is -0.462 e. The summed E-state index contributed by atoms with van der Waals surface area (Å²) >= 11 is 3.43. The third-order valence-corrected chi connectivity index (χ3v) is 4.95. The first-order chi connectivity index (χ1) is 9.58. The second kappa shape index (κ2) is 5.49. The minimum atomic E-state index is -0.221.